The van der Waals surface area contributed by atoms with Crippen LogP contribution in [0.2, 0.25) is 0 Å². The third-order valence-electron chi connectivity index (χ3n) is 4.01. The molecular formula is C18H17NO5. The van der Waals surface area contributed by atoms with Crippen LogP contribution < -0.4 is 24.3 Å². The molecule has 0 fully saturated rings. The van der Waals surface area contributed by atoms with Crippen molar-refractivity contribution < 1.29 is 23.7 Å². The molecule has 1 amide bonds. The minimum absolute atomic E-state index is 0.103. The molecule has 0 spiro atoms. The van der Waals surface area contributed by atoms with E-state index in [2.05, 4.69) is 5.32 Å². The van der Waals surface area contributed by atoms with E-state index in [9.17, 15) is 4.79 Å². The maximum absolute atomic E-state index is 12.3. The number of ether oxygens (including phenoxy) is 4. The lowest BCUT2D eigenvalue weighted by atomic mass is 10.0. The number of amides is 1. The molecule has 6 heteroatoms. The molecule has 2 aliphatic heterocycles. The maximum atomic E-state index is 12.3. The van der Waals surface area contributed by atoms with Gasteiger partial charge in [0, 0.05) is 11.8 Å². The van der Waals surface area contributed by atoms with Crippen LogP contribution in [0, 0.1) is 6.92 Å². The number of benzene rings is 2. The fourth-order valence-electron chi connectivity index (χ4n) is 2.78. The molecule has 0 aromatic heterocycles. The summed E-state index contributed by atoms with van der Waals surface area (Å²) in [7, 11) is 0. The van der Waals surface area contributed by atoms with E-state index in [4.69, 9.17) is 18.9 Å². The van der Waals surface area contributed by atoms with Crippen molar-refractivity contribution in [2.45, 2.75) is 13.3 Å². The Morgan fingerprint density at radius 3 is 2.50 bits per heavy atom. The average Bonchev–Trinajstić information content (AvgIpc) is 3.03. The molecule has 2 aromatic carbocycles. The lowest BCUT2D eigenvalue weighted by molar-refractivity contribution is -0.115. The van der Waals surface area contributed by atoms with Crippen LogP contribution in [0.3, 0.4) is 0 Å². The second kappa shape index (κ2) is 5.96. The van der Waals surface area contributed by atoms with Gasteiger partial charge in [0.1, 0.15) is 13.2 Å². The first-order valence-electron chi connectivity index (χ1n) is 7.78. The first-order valence-corrected chi connectivity index (χ1v) is 7.78. The average molecular weight is 327 g/mol. The lowest BCUT2D eigenvalue weighted by Crippen LogP contribution is -2.18. The second-order valence-electron chi connectivity index (χ2n) is 5.72. The number of fused-ring (bicyclic) bond motifs is 2. The number of hydrogen-bond acceptors (Lipinski definition) is 5. The predicted octanol–water partition coefficient (Wildman–Crippen LogP) is 2.68. The molecule has 0 saturated carbocycles. The van der Waals surface area contributed by atoms with Crippen LogP contribution in [-0.4, -0.2) is 25.9 Å². The monoisotopic (exact) mass is 327 g/mol. The molecule has 4 rings (SSSR count). The molecule has 0 aliphatic carbocycles. The molecule has 124 valence electrons. The molecule has 2 aromatic rings. The first-order chi connectivity index (χ1) is 11.7. The van der Waals surface area contributed by atoms with Gasteiger partial charge < -0.3 is 24.3 Å². The van der Waals surface area contributed by atoms with Gasteiger partial charge in [-0.2, -0.15) is 0 Å². The van der Waals surface area contributed by atoms with Crippen LogP contribution >= 0.6 is 0 Å². The maximum Gasteiger partial charge on any atom is 0.231 e. The minimum Gasteiger partial charge on any atom is -0.486 e. The zero-order valence-electron chi connectivity index (χ0n) is 13.3. The summed E-state index contributed by atoms with van der Waals surface area (Å²) < 4.78 is 21.7. The Bertz CT molecular complexity index is 802. The quantitative estimate of drug-likeness (QED) is 0.939. The van der Waals surface area contributed by atoms with Gasteiger partial charge in [-0.3, -0.25) is 4.79 Å². The van der Waals surface area contributed by atoms with Crippen molar-refractivity contribution in [1.82, 2.24) is 0 Å². The molecule has 2 heterocycles. The Balaban J connectivity index is 1.48. The highest BCUT2D eigenvalue weighted by Gasteiger charge is 2.17. The fraction of sp³-hybridized carbons (Fsp3) is 0.278. The van der Waals surface area contributed by atoms with Crippen LogP contribution in [0.15, 0.2) is 30.3 Å². The number of anilines is 1. The van der Waals surface area contributed by atoms with E-state index in [1.807, 2.05) is 19.1 Å². The van der Waals surface area contributed by atoms with Gasteiger partial charge in [0.2, 0.25) is 12.7 Å². The topological polar surface area (TPSA) is 66.0 Å². The van der Waals surface area contributed by atoms with Crippen molar-refractivity contribution in [3.8, 4) is 23.0 Å². The molecule has 0 saturated heterocycles. The van der Waals surface area contributed by atoms with Gasteiger partial charge in [-0.1, -0.05) is 0 Å². The lowest BCUT2D eigenvalue weighted by Gasteiger charge is -2.20. The van der Waals surface area contributed by atoms with Gasteiger partial charge in [-0.15, -0.1) is 0 Å². The Morgan fingerprint density at radius 1 is 0.958 bits per heavy atom. The SMILES string of the molecule is Cc1cc2c(cc1CC(=O)Nc1ccc3c(c1)OCO3)OCCO2. The van der Waals surface area contributed by atoms with E-state index >= 15 is 0 Å². The molecule has 6 nitrogen and oxygen atoms in total. The van der Waals surface area contributed by atoms with Gasteiger partial charge >= 0.3 is 0 Å². The van der Waals surface area contributed by atoms with Crippen LogP contribution in [-0.2, 0) is 11.2 Å². The predicted molar refractivity (Wildman–Crippen MR) is 87.1 cm³/mol. The standard InChI is InChI=1S/C18H17NO5/c1-11-6-15-16(22-5-4-21-15)7-12(11)8-18(20)19-13-2-3-14-17(9-13)24-10-23-14/h2-3,6-7,9H,4-5,8,10H2,1H3,(H,19,20). The molecule has 0 bridgehead atoms. The Morgan fingerprint density at radius 2 is 1.67 bits per heavy atom. The van der Waals surface area contributed by atoms with Gasteiger partial charge in [0.05, 0.1) is 6.42 Å². The summed E-state index contributed by atoms with van der Waals surface area (Å²) in [4.78, 5) is 12.3. The van der Waals surface area contributed by atoms with Crippen LogP contribution in [0.5, 0.6) is 23.0 Å². The largest absolute Gasteiger partial charge is 0.486 e. The Kier molecular flexibility index (Phi) is 3.65. The number of carbonyl (C=O) groups excluding carboxylic acids is 1. The van der Waals surface area contributed by atoms with E-state index < -0.39 is 0 Å². The zero-order chi connectivity index (χ0) is 16.5. The summed E-state index contributed by atoms with van der Waals surface area (Å²) in [5.41, 5.74) is 2.59. The van der Waals surface area contributed by atoms with Crippen LogP contribution in [0.1, 0.15) is 11.1 Å². The number of nitrogens with one attached hydrogen (secondary N) is 1. The van der Waals surface area contributed by atoms with E-state index in [-0.39, 0.29) is 19.1 Å². The normalized spacial score (nSPS) is 14.4. The number of carbonyl (C=O) groups is 1. The highest BCUT2D eigenvalue weighted by atomic mass is 16.7. The second-order valence-corrected chi connectivity index (χ2v) is 5.72. The van der Waals surface area contributed by atoms with Crippen LogP contribution in [0.25, 0.3) is 0 Å². The molecule has 24 heavy (non-hydrogen) atoms. The molecule has 0 radical (unpaired) electrons. The van der Waals surface area contributed by atoms with Crippen molar-refractivity contribution in [3.05, 3.63) is 41.5 Å². The molecule has 2 aliphatic rings. The highest BCUT2D eigenvalue weighted by Crippen LogP contribution is 2.35. The molecular weight excluding hydrogens is 310 g/mol. The van der Waals surface area contributed by atoms with Crippen molar-refractivity contribution >= 4 is 11.6 Å². The fourth-order valence-corrected chi connectivity index (χ4v) is 2.78. The Hall–Kier alpha value is -2.89. The summed E-state index contributed by atoms with van der Waals surface area (Å²) >= 11 is 0. The molecule has 1 N–H and O–H groups in total. The van der Waals surface area contributed by atoms with Gasteiger partial charge in [-0.05, 0) is 42.3 Å². The number of aryl methyl sites for hydroxylation is 1. The van der Waals surface area contributed by atoms with E-state index in [1.165, 1.54) is 0 Å². The smallest absolute Gasteiger partial charge is 0.231 e. The van der Waals surface area contributed by atoms with E-state index in [0.29, 0.717) is 36.1 Å². The first kappa shape index (κ1) is 14.7. The Labute approximate surface area is 139 Å². The van der Waals surface area contributed by atoms with Crippen LogP contribution in [0.4, 0.5) is 5.69 Å². The van der Waals surface area contributed by atoms with Crippen molar-refractivity contribution in [2.24, 2.45) is 0 Å². The summed E-state index contributed by atoms with van der Waals surface area (Å²) in [6.07, 6.45) is 0.261. The third kappa shape index (κ3) is 2.82. The molecule has 0 atom stereocenters. The zero-order valence-corrected chi connectivity index (χ0v) is 13.3. The van der Waals surface area contributed by atoms with Gasteiger partial charge in [0.15, 0.2) is 23.0 Å². The third-order valence-corrected chi connectivity index (χ3v) is 4.01. The van der Waals surface area contributed by atoms with Gasteiger partial charge in [0.25, 0.3) is 0 Å². The summed E-state index contributed by atoms with van der Waals surface area (Å²) in [5.74, 6) is 2.66. The summed E-state index contributed by atoms with van der Waals surface area (Å²) in [6, 6.07) is 9.13. The highest BCUT2D eigenvalue weighted by molar-refractivity contribution is 5.93. The molecule has 0 unspecified atom stereocenters. The van der Waals surface area contributed by atoms with E-state index in [0.717, 1.165) is 16.9 Å². The van der Waals surface area contributed by atoms with E-state index in [1.54, 1.807) is 18.2 Å². The van der Waals surface area contributed by atoms with Crippen molar-refractivity contribution in [3.63, 3.8) is 0 Å². The van der Waals surface area contributed by atoms with Crippen molar-refractivity contribution in [2.75, 3.05) is 25.3 Å². The van der Waals surface area contributed by atoms with Gasteiger partial charge in [-0.25, -0.2) is 0 Å². The number of hydrogen-bond donors (Lipinski definition) is 1. The minimum atomic E-state index is -0.103. The summed E-state index contributed by atoms with van der Waals surface area (Å²) in [5, 5.41) is 2.88. The van der Waals surface area contributed by atoms with Crippen molar-refractivity contribution in [1.29, 1.82) is 0 Å². The summed E-state index contributed by atoms with van der Waals surface area (Å²) in [6.45, 7) is 3.25. The number of rotatable bonds is 3.